The van der Waals surface area contributed by atoms with E-state index in [1.165, 1.54) is 0 Å². The standard InChI is InChI=1S/C17H25ClO4/c1-7-22-15-13(20-5)9-11(10-14(15)21-6)8-12(18)16(19)17(2,3)4/h9-10,12H,7-8H2,1-6H3. The van der Waals surface area contributed by atoms with Crippen LogP contribution in [0.1, 0.15) is 33.3 Å². The summed E-state index contributed by atoms with van der Waals surface area (Å²) in [5.41, 5.74) is 0.404. The third-order valence-corrected chi connectivity index (χ3v) is 3.60. The van der Waals surface area contributed by atoms with Crippen molar-refractivity contribution in [1.29, 1.82) is 0 Å². The largest absolute Gasteiger partial charge is 0.493 e. The summed E-state index contributed by atoms with van der Waals surface area (Å²) >= 11 is 6.28. The van der Waals surface area contributed by atoms with Gasteiger partial charge in [-0.15, -0.1) is 11.6 Å². The van der Waals surface area contributed by atoms with E-state index in [0.717, 1.165) is 5.56 Å². The Balaban J connectivity index is 3.08. The third kappa shape index (κ3) is 4.54. The maximum Gasteiger partial charge on any atom is 0.203 e. The molecule has 0 saturated heterocycles. The van der Waals surface area contributed by atoms with Crippen LogP contribution in [0.25, 0.3) is 0 Å². The fourth-order valence-electron chi connectivity index (χ4n) is 2.11. The van der Waals surface area contributed by atoms with Gasteiger partial charge in [0.25, 0.3) is 0 Å². The normalized spacial score (nSPS) is 12.7. The van der Waals surface area contributed by atoms with Crippen molar-refractivity contribution in [3.05, 3.63) is 17.7 Å². The molecule has 0 bridgehead atoms. The smallest absolute Gasteiger partial charge is 0.203 e. The first kappa shape index (κ1) is 18.6. The second-order valence-electron chi connectivity index (χ2n) is 6.05. The monoisotopic (exact) mass is 328 g/mol. The zero-order valence-corrected chi connectivity index (χ0v) is 14.9. The van der Waals surface area contributed by atoms with Gasteiger partial charge in [-0.05, 0) is 31.0 Å². The van der Waals surface area contributed by atoms with Crippen molar-refractivity contribution in [2.75, 3.05) is 20.8 Å². The van der Waals surface area contributed by atoms with Crippen LogP contribution >= 0.6 is 11.6 Å². The lowest BCUT2D eigenvalue weighted by Gasteiger charge is -2.21. The fraction of sp³-hybridized carbons (Fsp3) is 0.588. The Bertz CT molecular complexity index is 495. The minimum Gasteiger partial charge on any atom is -0.493 e. The summed E-state index contributed by atoms with van der Waals surface area (Å²) in [5.74, 6) is 1.72. The van der Waals surface area contributed by atoms with Crippen molar-refractivity contribution in [1.82, 2.24) is 0 Å². The molecule has 0 aliphatic carbocycles. The summed E-state index contributed by atoms with van der Waals surface area (Å²) < 4.78 is 16.3. The Morgan fingerprint density at radius 3 is 2.05 bits per heavy atom. The van der Waals surface area contributed by atoms with Crippen LogP contribution in [0.2, 0.25) is 0 Å². The molecule has 0 heterocycles. The summed E-state index contributed by atoms with van der Waals surface area (Å²) in [6.07, 6.45) is 0.413. The molecule has 1 rings (SSSR count). The maximum absolute atomic E-state index is 12.2. The number of carbonyl (C=O) groups excluding carboxylic acids is 1. The van der Waals surface area contributed by atoms with Crippen LogP contribution in [0.4, 0.5) is 0 Å². The van der Waals surface area contributed by atoms with E-state index >= 15 is 0 Å². The van der Waals surface area contributed by atoms with Crippen LogP contribution in [0.5, 0.6) is 17.2 Å². The van der Waals surface area contributed by atoms with Gasteiger partial charge in [-0.25, -0.2) is 0 Å². The van der Waals surface area contributed by atoms with Gasteiger partial charge in [-0.1, -0.05) is 20.8 Å². The van der Waals surface area contributed by atoms with Gasteiger partial charge in [-0.2, -0.15) is 0 Å². The molecular weight excluding hydrogens is 304 g/mol. The summed E-state index contributed by atoms with van der Waals surface area (Å²) in [6, 6.07) is 3.66. The molecule has 1 aromatic rings. The first-order chi connectivity index (χ1) is 10.2. The average molecular weight is 329 g/mol. The molecule has 1 aromatic carbocycles. The zero-order chi connectivity index (χ0) is 16.9. The van der Waals surface area contributed by atoms with Crippen LogP contribution in [0.3, 0.4) is 0 Å². The quantitative estimate of drug-likeness (QED) is 0.713. The molecule has 22 heavy (non-hydrogen) atoms. The predicted molar refractivity (Wildman–Crippen MR) is 88.5 cm³/mol. The molecule has 0 N–H and O–H groups in total. The molecule has 0 aliphatic rings. The van der Waals surface area contributed by atoms with Crippen molar-refractivity contribution in [3.63, 3.8) is 0 Å². The van der Waals surface area contributed by atoms with Crippen molar-refractivity contribution < 1.29 is 19.0 Å². The molecular formula is C17H25ClO4. The minimum atomic E-state index is -0.590. The van der Waals surface area contributed by atoms with E-state index in [-0.39, 0.29) is 5.78 Å². The van der Waals surface area contributed by atoms with E-state index in [2.05, 4.69) is 0 Å². The molecule has 0 saturated carbocycles. The Hall–Kier alpha value is -1.42. The summed E-state index contributed by atoms with van der Waals surface area (Å²) in [7, 11) is 3.14. The average Bonchev–Trinajstić information content (AvgIpc) is 2.46. The molecule has 1 atom stereocenters. The molecule has 4 nitrogen and oxygen atoms in total. The number of hydrogen-bond donors (Lipinski definition) is 0. The highest BCUT2D eigenvalue weighted by Gasteiger charge is 2.28. The lowest BCUT2D eigenvalue weighted by atomic mass is 9.87. The summed E-state index contributed by atoms with van der Waals surface area (Å²) in [6.45, 7) is 7.99. The second-order valence-corrected chi connectivity index (χ2v) is 6.58. The number of hydrogen-bond acceptors (Lipinski definition) is 4. The number of Topliss-reactive ketones (excluding diaryl/α,β-unsaturated/α-hetero) is 1. The van der Waals surface area contributed by atoms with Crippen LogP contribution in [-0.2, 0) is 11.2 Å². The molecule has 0 amide bonds. The lowest BCUT2D eigenvalue weighted by Crippen LogP contribution is -2.30. The Morgan fingerprint density at radius 1 is 1.18 bits per heavy atom. The first-order valence-corrected chi connectivity index (χ1v) is 7.74. The zero-order valence-electron chi connectivity index (χ0n) is 14.2. The number of methoxy groups -OCH3 is 2. The Labute approximate surface area is 137 Å². The molecule has 124 valence electrons. The summed E-state index contributed by atoms with van der Waals surface area (Å²) in [5, 5.41) is -0.590. The van der Waals surface area contributed by atoms with E-state index in [9.17, 15) is 4.79 Å². The van der Waals surface area contributed by atoms with Crippen LogP contribution in [-0.4, -0.2) is 32.0 Å². The van der Waals surface area contributed by atoms with E-state index in [1.807, 2.05) is 39.8 Å². The Kier molecular flexibility index (Phi) is 6.54. The number of ketones is 1. The topological polar surface area (TPSA) is 44.8 Å². The van der Waals surface area contributed by atoms with E-state index in [0.29, 0.717) is 30.3 Å². The van der Waals surface area contributed by atoms with E-state index in [1.54, 1.807) is 14.2 Å². The van der Waals surface area contributed by atoms with Crippen molar-refractivity contribution in [2.45, 2.75) is 39.5 Å². The number of alkyl halides is 1. The van der Waals surface area contributed by atoms with Gasteiger partial charge in [0, 0.05) is 5.41 Å². The Morgan fingerprint density at radius 2 is 1.68 bits per heavy atom. The number of benzene rings is 1. The van der Waals surface area contributed by atoms with Crippen molar-refractivity contribution >= 4 is 17.4 Å². The van der Waals surface area contributed by atoms with Gasteiger partial charge in [0.2, 0.25) is 5.75 Å². The van der Waals surface area contributed by atoms with Gasteiger partial charge in [-0.3, -0.25) is 4.79 Å². The molecule has 5 heteroatoms. The van der Waals surface area contributed by atoms with Crippen molar-refractivity contribution in [3.8, 4) is 17.2 Å². The highest BCUT2D eigenvalue weighted by Crippen LogP contribution is 2.39. The van der Waals surface area contributed by atoms with Crippen LogP contribution in [0, 0.1) is 5.41 Å². The lowest BCUT2D eigenvalue weighted by molar-refractivity contribution is -0.125. The first-order valence-electron chi connectivity index (χ1n) is 7.30. The van der Waals surface area contributed by atoms with Gasteiger partial charge in [0.15, 0.2) is 17.3 Å². The second kappa shape index (κ2) is 7.73. The molecule has 1 unspecified atom stereocenters. The SMILES string of the molecule is CCOc1c(OC)cc(CC(Cl)C(=O)C(C)(C)C)cc1OC. The maximum atomic E-state index is 12.2. The number of halogens is 1. The predicted octanol–water partition coefficient (Wildman–Crippen LogP) is 3.87. The number of carbonyl (C=O) groups is 1. The highest BCUT2D eigenvalue weighted by molar-refractivity contribution is 6.31. The van der Waals surface area contributed by atoms with Crippen molar-refractivity contribution in [2.24, 2.45) is 5.41 Å². The van der Waals surface area contributed by atoms with Crippen LogP contribution in [0.15, 0.2) is 12.1 Å². The van der Waals surface area contributed by atoms with E-state index < -0.39 is 10.8 Å². The van der Waals surface area contributed by atoms with E-state index in [4.69, 9.17) is 25.8 Å². The molecule has 0 aromatic heterocycles. The molecule has 0 spiro atoms. The molecule has 0 fully saturated rings. The van der Waals surface area contributed by atoms with Gasteiger partial charge in [0.1, 0.15) is 0 Å². The highest BCUT2D eigenvalue weighted by atomic mass is 35.5. The number of ether oxygens (including phenoxy) is 3. The van der Waals surface area contributed by atoms with Gasteiger partial charge in [0.05, 0.1) is 26.2 Å². The minimum absolute atomic E-state index is 0.0148. The van der Waals surface area contributed by atoms with Gasteiger partial charge < -0.3 is 14.2 Å². The van der Waals surface area contributed by atoms with Gasteiger partial charge >= 0.3 is 0 Å². The molecule has 0 radical (unpaired) electrons. The fourth-order valence-corrected chi connectivity index (χ4v) is 2.61. The summed E-state index contributed by atoms with van der Waals surface area (Å²) in [4.78, 5) is 12.2. The van der Waals surface area contributed by atoms with Crippen LogP contribution < -0.4 is 14.2 Å². The molecule has 0 aliphatic heterocycles. The number of rotatable bonds is 7. The third-order valence-electron chi connectivity index (χ3n) is 3.25.